The molecule has 0 aliphatic rings. The number of nitrogens with one attached hydrogen (secondary N) is 1. The first-order chi connectivity index (χ1) is 15.2. The third-order valence-corrected chi connectivity index (χ3v) is 5.37. The van der Waals surface area contributed by atoms with Gasteiger partial charge in [-0.2, -0.15) is 0 Å². The van der Waals surface area contributed by atoms with Gasteiger partial charge in [0.15, 0.2) is 5.13 Å². The summed E-state index contributed by atoms with van der Waals surface area (Å²) in [5.74, 6) is 2.09. The average molecular weight is 435 g/mol. The molecule has 0 saturated carbocycles. The second-order valence-corrected chi connectivity index (χ2v) is 7.62. The molecular formula is C24H22N2O4S. The lowest BCUT2D eigenvalue weighted by Gasteiger charge is -2.07. The van der Waals surface area contributed by atoms with Crippen molar-refractivity contribution in [2.45, 2.75) is 13.0 Å². The highest BCUT2D eigenvalue weighted by atomic mass is 32.1. The Morgan fingerprint density at radius 2 is 1.68 bits per heavy atom. The molecule has 0 spiro atoms. The summed E-state index contributed by atoms with van der Waals surface area (Å²) >= 11 is 1.37. The molecule has 1 aromatic heterocycles. The Hall–Kier alpha value is -3.58. The molecule has 4 rings (SSSR count). The van der Waals surface area contributed by atoms with Crippen LogP contribution in [0.25, 0.3) is 10.8 Å². The van der Waals surface area contributed by atoms with Gasteiger partial charge in [-0.3, -0.25) is 4.79 Å². The van der Waals surface area contributed by atoms with Crippen molar-refractivity contribution in [3.63, 3.8) is 0 Å². The summed E-state index contributed by atoms with van der Waals surface area (Å²) in [6.07, 6.45) is 0.231. The van der Waals surface area contributed by atoms with Crippen LogP contribution in [-0.4, -0.2) is 24.6 Å². The lowest BCUT2D eigenvalue weighted by molar-refractivity contribution is -0.116. The van der Waals surface area contributed by atoms with Crippen LogP contribution in [0.15, 0.2) is 72.1 Å². The van der Waals surface area contributed by atoms with E-state index in [-0.39, 0.29) is 18.9 Å². The van der Waals surface area contributed by atoms with Gasteiger partial charge >= 0.3 is 0 Å². The van der Waals surface area contributed by atoms with Crippen LogP contribution in [0.1, 0.15) is 12.1 Å². The highest BCUT2D eigenvalue weighted by Crippen LogP contribution is 2.23. The molecule has 0 bridgehead atoms. The molecule has 3 aromatic carbocycles. The Balaban J connectivity index is 1.22. The third-order valence-electron chi connectivity index (χ3n) is 4.56. The Bertz CT molecular complexity index is 1160. The minimum Gasteiger partial charge on any atom is -0.497 e. The SMILES string of the molecule is COc1ccc(OCCC(=O)Nc2nc(COc3ccc4ccccc4c3)cs2)cc1. The monoisotopic (exact) mass is 434 g/mol. The van der Waals surface area contributed by atoms with E-state index in [9.17, 15) is 4.79 Å². The summed E-state index contributed by atoms with van der Waals surface area (Å²) in [5, 5.41) is 7.53. The van der Waals surface area contributed by atoms with E-state index in [0.717, 1.165) is 22.6 Å². The van der Waals surface area contributed by atoms with E-state index < -0.39 is 0 Å². The number of aromatic nitrogens is 1. The van der Waals surface area contributed by atoms with Gasteiger partial charge in [0.05, 0.1) is 25.8 Å². The zero-order valence-corrected chi connectivity index (χ0v) is 17.9. The fraction of sp³-hybridized carbons (Fsp3) is 0.167. The van der Waals surface area contributed by atoms with Gasteiger partial charge in [-0.25, -0.2) is 4.98 Å². The normalized spacial score (nSPS) is 10.6. The van der Waals surface area contributed by atoms with Crippen molar-refractivity contribution in [2.24, 2.45) is 0 Å². The molecule has 31 heavy (non-hydrogen) atoms. The number of amides is 1. The summed E-state index contributed by atoms with van der Waals surface area (Å²) in [6, 6.07) is 21.4. The molecule has 0 saturated heterocycles. The van der Waals surface area contributed by atoms with Gasteiger partial charge in [0.2, 0.25) is 5.91 Å². The fourth-order valence-corrected chi connectivity index (χ4v) is 3.67. The number of nitrogens with zero attached hydrogens (tertiary/aromatic N) is 1. The number of thiazole rings is 1. The van der Waals surface area contributed by atoms with Crippen molar-refractivity contribution < 1.29 is 19.0 Å². The minimum atomic E-state index is -0.148. The van der Waals surface area contributed by atoms with Crippen molar-refractivity contribution in [2.75, 3.05) is 19.0 Å². The summed E-state index contributed by atoms with van der Waals surface area (Å²) in [6.45, 7) is 0.618. The van der Waals surface area contributed by atoms with Gasteiger partial charge < -0.3 is 19.5 Å². The summed E-state index contributed by atoms with van der Waals surface area (Å²) in [5.41, 5.74) is 0.767. The van der Waals surface area contributed by atoms with Crippen molar-refractivity contribution in [1.82, 2.24) is 4.98 Å². The van der Waals surface area contributed by atoms with E-state index in [4.69, 9.17) is 14.2 Å². The summed E-state index contributed by atoms with van der Waals surface area (Å²) in [4.78, 5) is 16.6. The van der Waals surface area contributed by atoms with Gasteiger partial charge in [-0.15, -0.1) is 11.3 Å². The van der Waals surface area contributed by atoms with E-state index in [2.05, 4.69) is 22.4 Å². The van der Waals surface area contributed by atoms with Gasteiger partial charge in [0.1, 0.15) is 23.9 Å². The number of hydrogen-bond acceptors (Lipinski definition) is 6. The Morgan fingerprint density at radius 3 is 2.48 bits per heavy atom. The smallest absolute Gasteiger partial charge is 0.229 e. The maximum Gasteiger partial charge on any atom is 0.229 e. The van der Waals surface area contributed by atoms with Crippen LogP contribution in [0.5, 0.6) is 17.2 Å². The first-order valence-corrected chi connectivity index (χ1v) is 10.7. The molecule has 1 N–H and O–H groups in total. The molecule has 0 fully saturated rings. The molecule has 0 aliphatic carbocycles. The summed E-state index contributed by atoms with van der Waals surface area (Å²) in [7, 11) is 1.61. The quantitative estimate of drug-likeness (QED) is 0.388. The molecule has 0 atom stereocenters. The fourth-order valence-electron chi connectivity index (χ4n) is 2.96. The molecule has 4 aromatic rings. The van der Waals surface area contributed by atoms with E-state index in [1.165, 1.54) is 16.7 Å². The predicted octanol–water partition coefficient (Wildman–Crippen LogP) is 5.29. The van der Waals surface area contributed by atoms with Crippen LogP contribution in [0, 0.1) is 0 Å². The highest BCUT2D eigenvalue weighted by Gasteiger charge is 2.08. The number of carbonyl (C=O) groups is 1. The molecule has 0 radical (unpaired) electrons. The third kappa shape index (κ3) is 5.73. The van der Waals surface area contributed by atoms with Crippen LogP contribution < -0.4 is 19.5 Å². The predicted molar refractivity (Wildman–Crippen MR) is 122 cm³/mol. The Kier molecular flexibility index (Phi) is 6.64. The summed E-state index contributed by atoms with van der Waals surface area (Å²) < 4.78 is 16.5. The topological polar surface area (TPSA) is 69.7 Å². The number of anilines is 1. The lowest BCUT2D eigenvalue weighted by atomic mass is 10.1. The van der Waals surface area contributed by atoms with E-state index in [0.29, 0.717) is 17.5 Å². The van der Waals surface area contributed by atoms with Gasteiger partial charge in [0, 0.05) is 5.38 Å². The van der Waals surface area contributed by atoms with Crippen molar-refractivity contribution in [3.05, 3.63) is 77.8 Å². The number of hydrogen-bond donors (Lipinski definition) is 1. The van der Waals surface area contributed by atoms with Crippen LogP contribution in [-0.2, 0) is 11.4 Å². The zero-order valence-electron chi connectivity index (χ0n) is 17.0. The van der Waals surface area contributed by atoms with E-state index >= 15 is 0 Å². The molecule has 7 heteroatoms. The molecule has 0 aliphatic heterocycles. The van der Waals surface area contributed by atoms with E-state index in [1.807, 2.05) is 47.8 Å². The molecule has 1 heterocycles. The molecule has 1 amide bonds. The standard InChI is InChI=1S/C24H22N2O4S/c1-28-20-8-10-21(11-9-20)29-13-12-23(27)26-24-25-19(16-31-24)15-30-22-7-6-17-4-2-3-5-18(17)14-22/h2-11,14,16H,12-13,15H2,1H3,(H,25,26,27). The largest absolute Gasteiger partial charge is 0.497 e. The zero-order chi connectivity index (χ0) is 21.5. The van der Waals surface area contributed by atoms with Crippen LogP contribution >= 0.6 is 11.3 Å². The second-order valence-electron chi connectivity index (χ2n) is 6.76. The second kappa shape index (κ2) is 9.95. The van der Waals surface area contributed by atoms with E-state index in [1.54, 1.807) is 19.2 Å². The number of carbonyl (C=O) groups excluding carboxylic acids is 1. The number of ether oxygens (including phenoxy) is 3. The number of benzene rings is 3. The lowest BCUT2D eigenvalue weighted by Crippen LogP contribution is -2.15. The molecule has 158 valence electrons. The highest BCUT2D eigenvalue weighted by molar-refractivity contribution is 7.13. The first kappa shape index (κ1) is 20.7. The maximum atomic E-state index is 12.1. The Labute approximate surface area is 184 Å². The van der Waals surface area contributed by atoms with Crippen LogP contribution in [0.2, 0.25) is 0 Å². The molecule has 0 unspecified atom stereocenters. The maximum absolute atomic E-state index is 12.1. The van der Waals surface area contributed by atoms with Gasteiger partial charge in [0.25, 0.3) is 0 Å². The molecular weight excluding hydrogens is 412 g/mol. The van der Waals surface area contributed by atoms with Crippen molar-refractivity contribution in [1.29, 1.82) is 0 Å². The Morgan fingerprint density at radius 1 is 0.935 bits per heavy atom. The number of fused-ring (bicyclic) bond motifs is 1. The number of methoxy groups -OCH3 is 1. The van der Waals surface area contributed by atoms with Crippen LogP contribution in [0.4, 0.5) is 5.13 Å². The average Bonchev–Trinajstić information content (AvgIpc) is 3.25. The van der Waals surface area contributed by atoms with Gasteiger partial charge in [-0.05, 0) is 47.2 Å². The van der Waals surface area contributed by atoms with Crippen molar-refractivity contribution in [3.8, 4) is 17.2 Å². The number of rotatable bonds is 9. The first-order valence-electron chi connectivity index (χ1n) is 9.82. The minimum absolute atomic E-state index is 0.148. The van der Waals surface area contributed by atoms with Gasteiger partial charge in [-0.1, -0.05) is 30.3 Å². The molecule has 6 nitrogen and oxygen atoms in total. The van der Waals surface area contributed by atoms with Crippen LogP contribution in [0.3, 0.4) is 0 Å². The van der Waals surface area contributed by atoms with Crippen molar-refractivity contribution >= 4 is 33.1 Å².